The zero-order valence-corrected chi connectivity index (χ0v) is 11.6. The molecule has 0 unspecified atom stereocenters. The number of halogens is 1. The van der Waals surface area contributed by atoms with E-state index in [1.165, 1.54) is 11.0 Å². The molecule has 0 saturated heterocycles. The van der Waals surface area contributed by atoms with Gasteiger partial charge in [0.15, 0.2) is 0 Å². The fourth-order valence-electron chi connectivity index (χ4n) is 1.97. The number of hydrogen-bond acceptors (Lipinski definition) is 2. The molecule has 104 valence electrons. The summed E-state index contributed by atoms with van der Waals surface area (Å²) in [7, 11) is 1.63. The third-order valence-electron chi connectivity index (χ3n) is 3.29. The molecule has 2 aromatic carbocycles. The number of carbonyl (C=O) groups excluding carboxylic acids is 1. The Balaban J connectivity index is 2.29. The van der Waals surface area contributed by atoms with Crippen molar-refractivity contribution < 1.29 is 9.18 Å². The first-order valence-corrected chi connectivity index (χ1v) is 6.36. The van der Waals surface area contributed by atoms with Gasteiger partial charge in [-0.15, -0.1) is 0 Å². The molecule has 0 spiro atoms. The van der Waals surface area contributed by atoms with Gasteiger partial charge in [0.05, 0.1) is 5.56 Å². The number of rotatable bonds is 3. The minimum absolute atomic E-state index is 0.0791. The fraction of sp³-hybridized carbons (Fsp3) is 0.188. The highest BCUT2D eigenvalue weighted by Crippen LogP contribution is 2.19. The van der Waals surface area contributed by atoms with E-state index in [2.05, 4.69) is 0 Å². The summed E-state index contributed by atoms with van der Waals surface area (Å²) < 4.78 is 14.0. The van der Waals surface area contributed by atoms with Crippen molar-refractivity contribution in [3.05, 3.63) is 65.0 Å². The lowest BCUT2D eigenvalue weighted by atomic mass is 10.1. The Morgan fingerprint density at radius 1 is 1.20 bits per heavy atom. The second-order valence-corrected chi connectivity index (χ2v) is 4.67. The monoisotopic (exact) mass is 272 g/mol. The molecule has 0 aliphatic rings. The van der Waals surface area contributed by atoms with Crippen LogP contribution in [0, 0.1) is 12.7 Å². The molecule has 20 heavy (non-hydrogen) atoms. The van der Waals surface area contributed by atoms with Gasteiger partial charge in [-0.25, -0.2) is 4.39 Å². The lowest BCUT2D eigenvalue weighted by Gasteiger charge is -2.18. The number of hydrogen-bond donors (Lipinski definition) is 1. The minimum atomic E-state index is -0.470. The molecule has 0 heterocycles. The zero-order chi connectivity index (χ0) is 14.7. The number of benzene rings is 2. The van der Waals surface area contributed by atoms with Crippen LogP contribution in [0.1, 0.15) is 21.5 Å². The minimum Gasteiger partial charge on any atom is -0.326 e. The van der Waals surface area contributed by atoms with Crippen LogP contribution in [0.15, 0.2) is 42.5 Å². The molecule has 0 aliphatic heterocycles. The van der Waals surface area contributed by atoms with Crippen molar-refractivity contribution in [1.29, 1.82) is 0 Å². The Hall–Kier alpha value is -2.20. The van der Waals surface area contributed by atoms with E-state index in [4.69, 9.17) is 5.73 Å². The van der Waals surface area contributed by atoms with Crippen molar-refractivity contribution >= 4 is 11.6 Å². The zero-order valence-electron chi connectivity index (χ0n) is 11.6. The largest absolute Gasteiger partial charge is 0.326 e. The molecule has 0 atom stereocenters. The van der Waals surface area contributed by atoms with Gasteiger partial charge in [0.2, 0.25) is 0 Å². The van der Waals surface area contributed by atoms with E-state index in [9.17, 15) is 9.18 Å². The second kappa shape index (κ2) is 5.84. The normalized spacial score (nSPS) is 10.4. The highest BCUT2D eigenvalue weighted by Gasteiger charge is 2.18. The summed E-state index contributed by atoms with van der Waals surface area (Å²) in [5, 5.41) is 0. The Kier molecular flexibility index (Phi) is 4.15. The number of amides is 1. The molecule has 4 heteroatoms. The van der Waals surface area contributed by atoms with Crippen LogP contribution in [0.2, 0.25) is 0 Å². The standard InChI is InChI=1S/C16H17FN2O/c1-11-4-3-5-14(15(11)17)16(20)19(2)13-8-6-12(10-18)7-9-13/h3-9H,10,18H2,1-2H3. The molecule has 0 radical (unpaired) electrons. The third kappa shape index (κ3) is 2.70. The van der Waals surface area contributed by atoms with Gasteiger partial charge in [-0.2, -0.15) is 0 Å². The van der Waals surface area contributed by atoms with Crippen molar-refractivity contribution in [1.82, 2.24) is 0 Å². The van der Waals surface area contributed by atoms with Crippen LogP contribution in [0.25, 0.3) is 0 Å². The van der Waals surface area contributed by atoms with E-state index in [1.54, 1.807) is 38.2 Å². The topological polar surface area (TPSA) is 46.3 Å². The van der Waals surface area contributed by atoms with E-state index in [0.29, 0.717) is 17.8 Å². The van der Waals surface area contributed by atoms with Gasteiger partial charge >= 0.3 is 0 Å². The molecule has 2 aromatic rings. The Bertz CT molecular complexity index is 623. The highest BCUT2D eigenvalue weighted by molar-refractivity contribution is 6.06. The molecular weight excluding hydrogens is 255 g/mol. The van der Waals surface area contributed by atoms with Gasteiger partial charge in [-0.05, 0) is 36.2 Å². The maximum absolute atomic E-state index is 14.0. The van der Waals surface area contributed by atoms with Gasteiger partial charge in [0.1, 0.15) is 5.82 Å². The van der Waals surface area contributed by atoms with E-state index in [-0.39, 0.29) is 11.5 Å². The molecule has 2 rings (SSSR count). The lowest BCUT2D eigenvalue weighted by Crippen LogP contribution is -2.27. The first kappa shape index (κ1) is 14.2. The number of carbonyl (C=O) groups is 1. The van der Waals surface area contributed by atoms with Crippen LogP contribution in [0.3, 0.4) is 0 Å². The quantitative estimate of drug-likeness (QED) is 0.934. The predicted molar refractivity (Wildman–Crippen MR) is 78.2 cm³/mol. The number of anilines is 1. The smallest absolute Gasteiger partial charge is 0.260 e. The van der Waals surface area contributed by atoms with E-state index >= 15 is 0 Å². The summed E-state index contributed by atoms with van der Waals surface area (Å²) in [4.78, 5) is 13.8. The summed E-state index contributed by atoms with van der Waals surface area (Å²) in [5.74, 6) is -0.838. The van der Waals surface area contributed by atoms with Crippen molar-refractivity contribution in [2.75, 3.05) is 11.9 Å². The van der Waals surface area contributed by atoms with Gasteiger partial charge in [0, 0.05) is 19.3 Å². The number of aryl methyl sites for hydroxylation is 1. The molecule has 0 aliphatic carbocycles. The predicted octanol–water partition coefficient (Wildman–Crippen LogP) is 2.87. The van der Waals surface area contributed by atoms with Crippen LogP contribution in [0.4, 0.5) is 10.1 Å². The van der Waals surface area contributed by atoms with Crippen LogP contribution >= 0.6 is 0 Å². The molecule has 2 N–H and O–H groups in total. The van der Waals surface area contributed by atoms with E-state index in [0.717, 1.165) is 5.56 Å². The Morgan fingerprint density at radius 2 is 1.85 bits per heavy atom. The van der Waals surface area contributed by atoms with Crippen molar-refractivity contribution in [2.45, 2.75) is 13.5 Å². The SMILES string of the molecule is Cc1cccc(C(=O)N(C)c2ccc(CN)cc2)c1F. The van der Waals surface area contributed by atoms with Crippen molar-refractivity contribution in [2.24, 2.45) is 5.73 Å². The molecule has 1 amide bonds. The van der Waals surface area contributed by atoms with Crippen molar-refractivity contribution in [3.63, 3.8) is 0 Å². The van der Waals surface area contributed by atoms with E-state index < -0.39 is 5.82 Å². The third-order valence-corrected chi connectivity index (χ3v) is 3.29. The molecule has 3 nitrogen and oxygen atoms in total. The second-order valence-electron chi connectivity index (χ2n) is 4.67. The molecule has 0 saturated carbocycles. The average Bonchev–Trinajstić information content (AvgIpc) is 2.48. The Morgan fingerprint density at radius 3 is 2.45 bits per heavy atom. The maximum atomic E-state index is 14.0. The van der Waals surface area contributed by atoms with Crippen LogP contribution in [-0.2, 0) is 6.54 Å². The molecule has 0 fully saturated rings. The first-order valence-electron chi connectivity index (χ1n) is 6.36. The van der Waals surface area contributed by atoms with Crippen LogP contribution in [0.5, 0.6) is 0 Å². The number of nitrogens with two attached hydrogens (primary N) is 1. The van der Waals surface area contributed by atoms with Gasteiger partial charge < -0.3 is 10.6 Å². The van der Waals surface area contributed by atoms with E-state index in [1.807, 2.05) is 12.1 Å². The van der Waals surface area contributed by atoms with Crippen LogP contribution in [-0.4, -0.2) is 13.0 Å². The maximum Gasteiger partial charge on any atom is 0.260 e. The summed E-state index contributed by atoms with van der Waals surface area (Å²) in [6.07, 6.45) is 0. The van der Waals surface area contributed by atoms with Gasteiger partial charge in [-0.3, -0.25) is 4.79 Å². The average molecular weight is 272 g/mol. The van der Waals surface area contributed by atoms with Gasteiger partial charge in [0.25, 0.3) is 5.91 Å². The van der Waals surface area contributed by atoms with Gasteiger partial charge in [-0.1, -0.05) is 24.3 Å². The summed E-state index contributed by atoms with van der Waals surface area (Å²) in [6, 6.07) is 12.1. The molecule has 0 aromatic heterocycles. The van der Waals surface area contributed by atoms with Crippen LogP contribution < -0.4 is 10.6 Å². The lowest BCUT2D eigenvalue weighted by molar-refractivity contribution is 0.0989. The summed E-state index contributed by atoms with van der Waals surface area (Å²) >= 11 is 0. The molecular formula is C16H17FN2O. The first-order chi connectivity index (χ1) is 9.54. The summed E-state index contributed by atoms with van der Waals surface area (Å²) in [6.45, 7) is 2.09. The van der Waals surface area contributed by atoms with Crippen molar-refractivity contribution in [3.8, 4) is 0 Å². The molecule has 0 bridgehead atoms. The highest BCUT2D eigenvalue weighted by atomic mass is 19.1. The summed E-state index contributed by atoms with van der Waals surface area (Å²) in [5.41, 5.74) is 7.76. The number of nitrogens with zero attached hydrogens (tertiary/aromatic N) is 1. The Labute approximate surface area is 117 Å². The fourth-order valence-corrected chi connectivity index (χ4v) is 1.97.